The van der Waals surface area contributed by atoms with Crippen LogP contribution < -0.4 is 5.32 Å². The summed E-state index contributed by atoms with van der Waals surface area (Å²) in [7, 11) is 0. The van der Waals surface area contributed by atoms with E-state index < -0.39 is 5.54 Å². The molecule has 0 unspecified atom stereocenters. The van der Waals surface area contributed by atoms with E-state index in [1.807, 2.05) is 5.51 Å². The minimum atomic E-state index is -0.804. The van der Waals surface area contributed by atoms with Crippen molar-refractivity contribution in [2.24, 2.45) is 0 Å². The minimum Gasteiger partial charge on any atom is -0.323 e. The number of imide groups is 1. The van der Waals surface area contributed by atoms with Gasteiger partial charge in [0.25, 0.3) is 5.91 Å². The Morgan fingerprint density at radius 3 is 2.73 bits per heavy atom. The van der Waals surface area contributed by atoms with Gasteiger partial charge in [0.1, 0.15) is 11.9 Å². The summed E-state index contributed by atoms with van der Waals surface area (Å²) in [6.45, 7) is 3.86. The lowest BCUT2D eigenvalue weighted by atomic mass is 9.86. The molecule has 3 aromatic rings. The number of amides is 3. The Kier molecular flexibility index (Phi) is 4.71. The molecule has 2 saturated heterocycles. The Hall–Kier alpha value is -2.91. The zero-order chi connectivity index (χ0) is 20.7. The number of rotatable bonds is 4. The van der Waals surface area contributed by atoms with Crippen molar-refractivity contribution in [1.29, 1.82) is 0 Å². The van der Waals surface area contributed by atoms with Crippen LogP contribution in [0.15, 0.2) is 42.4 Å². The topological polar surface area (TPSA) is 91.3 Å². The quantitative estimate of drug-likeness (QED) is 0.650. The second-order valence-electron chi connectivity index (χ2n) is 7.94. The Balaban J connectivity index is 1.27. The van der Waals surface area contributed by atoms with E-state index in [-0.39, 0.29) is 24.5 Å². The van der Waals surface area contributed by atoms with Crippen molar-refractivity contribution >= 4 is 33.5 Å². The number of piperidine rings is 1. The SMILES string of the molecule is C[C@H](c1ccc2scnc2c1)N1CCC2(CC1)NC(=O)N(Cc1cncnc1)C2=O. The summed E-state index contributed by atoms with van der Waals surface area (Å²) in [6, 6.07) is 6.31. The van der Waals surface area contributed by atoms with E-state index in [1.165, 1.54) is 21.5 Å². The van der Waals surface area contributed by atoms with Gasteiger partial charge in [0.15, 0.2) is 0 Å². The van der Waals surface area contributed by atoms with Crippen molar-refractivity contribution in [3.63, 3.8) is 0 Å². The number of carbonyl (C=O) groups excluding carboxylic acids is 2. The third-order valence-electron chi connectivity index (χ3n) is 6.24. The fourth-order valence-electron chi connectivity index (χ4n) is 4.39. The summed E-state index contributed by atoms with van der Waals surface area (Å²) in [6.07, 6.45) is 5.88. The van der Waals surface area contributed by atoms with Crippen molar-refractivity contribution in [2.45, 2.75) is 37.9 Å². The van der Waals surface area contributed by atoms with Crippen LogP contribution in [0.1, 0.15) is 36.9 Å². The van der Waals surface area contributed by atoms with Gasteiger partial charge < -0.3 is 5.32 Å². The molecular weight excluding hydrogens is 400 g/mol. The molecular formula is C21H22N6O2S. The number of carbonyl (C=O) groups is 2. The normalized spacial score (nSPS) is 20.1. The second-order valence-corrected chi connectivity index (χ2v) is 8.83. The molecule has 0 aliphatic carbocycles. The summed E-state index contributed by atoms with van der Waals surface area (Å²) >= 11 is 1.64. The fourth-order valence-corrected chi connectivity index (χ4v) is 5.05. The molecule has 2 fully saturated rings. The summed E-state index contributed by atoms with van der Waals surface area (Å²) in [5.41, 5.74) is 4.04. The van der Waals surface area contributed by atoms with Gasteiger partial charge >= 0.3 is 6.03 Å². The number of hydrogen-bond donors (Lipinski definition) is 1. The Morgan fingerprint density at radius 1 is 1.20 bits per heavy atom. The number of hydrogen-bond acceptors (Lipinski definition) is 7. The number of thiazole rings is 1. The first-order valence-electron chi connectivity index (χ1n) is 10.0. The number of nitrogens with zero attached hydrogens (tertiary/aromatic N) is 5. The lowest BCUT2D eigenvalue weighted by Gasteiger charge is -2.40. The minimum absolute atomic E-state index is 0.146. The van der Waals surface area contributed by atoms with Gasteiger partial charge in [-0.2, -0.15) is 0 Å². The largest absolute Gasteiger partial charge is 0.325 e. The Bertz CT molecular complexity index is 1090. The molecule has 1 N–H and O–H groups in total. The van der Waals surface area contributed by atoms with Crippen molar-refractivity contribution in [3.8, 4) is 0 Å². The maximum atomic E-state index is 13.1. The maximum Gasteiger partial charge on any atom is 0.325 e. The summed E-state index contributed by atoms with van der Waals surface area (Å²) in [5.74, 6) is -0.146. The van der Waals surface area contributed by atoms with Gasteiger partial charge in [0.2, 0.25) is 0 Å². The highest BCUT2D eigenvalue weighted by molar-refractivity contribution is 7.16. The molecule has 5 rings (SSSR count). The molecule has 9 heteroatoms. The van der Waals surface area contributed by atoms with Crippen LogP contribution in [0.4, 0.5) is 4.79 Å². The number of nitrogens with one attached hydrogen (secondary N) is 1. The summed E-state index contributed by atoms with van der Waals surface area (Å²) < 4.78 is 1.19. The molecule has 154 valence electrons. The molecule has 0 radical (unpaired) electrons. The monoisotopic (exact) mass is 422 g/mol. The average Bonchev–Trinajstić information content (AvgIpc) is 3.33. The van der Waals surface area contributed by atoms with E-state index in [4.69, 9.17) is 0 Å². The zero-order valence-corrected chi connectivity index (χ0v) is 17.4. The smallest absolute Gasteiger partial charge is 0.323 e. The third-order valence-corrected chi connectivity index (χ3v) is 7.05. The van der Waals surface area contributed by atoms with Gasteiger partial charge in [0.05, 0.1) is 22.3 Å². The lowest BCUT2D eigenvalue weighted by molar-refractivity contribution is -0.133. The average molecular weight is 423 g/mol. The lowest BCUT2D eigenvalue weighted by Crippen LogP contribution is -2.55. The standard InChI is InChI=1S/C21H22N6O2S/c1-14(16-2-3-18-17(8-16)24-13-30-18)26-6-4-21(5-7-26)19(28)27(20(29)25-21)11-15-9-22-12-23-10-15/h2-3,8-10,12-14H,4-7,11H2,1H3,(H,25,29)/t14-/m1/s1. The van der Waals surface area contributed by atoms with Gasteiger partial charge in [-0.25, -0.2) is 19.7 Å². The van der Waals surface area contributed by atoms with Crippen molar-refractivity contribution < 1.29 is 9.59 Å². The van der Waals surface area contributed by atoms with Gasteiger partial charge in [0, 0.05) is 37.1 Å². The van der Waals surface area contributed by atoms with Gasteiger partial charge in [-0.15, -0.1) is 11.3 Å². The maximum absolute atomic E-state index is 13.1. The number of urea groups is 1. The zero-order valence-electron chi connectivity index (χ0n) is 16.6. The van der Waals surface area contributed by atoms with E-state index in [9.17, 15) is 9.59 Å². The summed E-state index contributed by atoms with van der Waals surface area (Å²) in [5, 5.41) is 2.97. The van der Waals surface area contributed by atoms with E-state index in [1.54, 1.807) is 23.7 Å². The molecule has 3 amide bonds. The first kappa shape index (κ1) is 19.1. The predicted molar refractivity (Wildman–Crippen MR) is 113 cm³/mol. The van der Waals surface area contributed by atoms with Crippen molar-refractivity contribution in [2.75, 3.05) is 13.1 Å². The first-order chi connectivity index (χ1) is 14.6. The van der Waals surface area contributed by atoms with E-state index in [0.717, 1.165) is 24.2 Å². The number of benzene rings is 1. The highest BCUT2D eigenvalue weighted by atomic mass is 32.1. The number of likely N-dealkylation sites (tertiary alicyclic amines) is 1. The highest BCUT2D eigenvalue weighted by Gasteiger charge is 2.52. The van der Waals surface area contributed by atoms with Crippen LogP contribution >= 0.6 is 11.3 Å². The second kappa shape index (κ2) is 7.41. The third kappa shape index (κ3) is 3.23. The predicted octanol–water partition coefficient (Wildman–Crippen LogP) is 2.73. The Morgan fingerprint density at radius 2 is 1.97 bits per heavy atom. The van der Waals surface area contributed by atoms with E-state index >= 15 is 0 Å². The Labute approximate surface area is 177 Å². The van der Waals surface area contributed by atoms with Crippen LogP contribution in [0.25, 0.3) is 10.2 Å². The van der Waals surface area contributed by atoms with Crippen LogP contribution in [0, 0.1) is 0 Å². The molecule has 2 aliphatic heterocycles. The molecule has 0 bridgehead atoms. The molecule has 2 aliphatic rings. The van der Waals surface area contributed by atoms with Crippen LogP contribution in [-0.4, -0.2) is 55.3 Å². The number of fused-ring (bicyclic) bond motifs is 1. The summed E-state index contributed by atoms with van der Waals surface area (Å²) in [4.78, 5) is 41.7. The van der Waals surface area contributed by atoms with Crippen LogP contribution in [0.2, 0.25) is 0 Å². The molecule has 1 aromatic carbocycles. The molecule has 30 heavy (non-hydrogen) atoms. The highest BCUT2D eigenvalue weighted by Crippen LogP contribution is 2.34. The molecule has 1 atom stereocenters. The van der Waals surface area contributed by atoms with E-state index in [2.05, 4.69) is 50.3 Å². The molecule has 8 nitrogen and oxygen atoms in total. The molecule has 0 saturated carbocycles. The van der Waals surface area contributed by atoms with Crippen molar-refractivity contribution in [1.82, 2.24) is 30.1 Å². The first-order valence-corrected chi connectivity index (χ1v) is 10.9. The molecule has 1 spiro atoms. The van der Waals surface area contributed by atoms with Crippen LogP contribution in [0.3, 0.4) is 0 Å². The fraction of sp³-hybridized carbons (Fsp3) is 0.381. The van der Waals surface area contributed by atoms with Crippen molar-refractivity contribution in [3.05, 3.63) is 53.6 Å². The van der Waals surface area contributed by atoms with Gasteiger partial charge in [-0.05, 0) is 37.5 Å². The molecule has 2 aromatic heterocycles. The van der Waals surface area contributed by atoms with Crippen LogP contribution in [0.5, 0.6) is 0 Å². The van der Waals surface area contributed by atoms with Gasteiger partial charge in [-0.3, -0.25) is 14.6 Å². The molecule has 4 heterocycles. The van der Waals surface area contributed by atoms with Gasteiger partial charge in [-0.1, -0.05) is 6.07 Å². The van der Waals surface area contributed by atoms with Crippen LogP contribution in [-0.2, 0) is 11.3 Å². The number of aromatic nitrogens is 3. The van der Waals surface area contributed by atoms with E-state index in [0.29, 0.717) is 12.8 Å².